The molecule has 0 spiro atoms. The molecular weight excluding hydrogens is 377 g/mol. The Morgan fingerprint density at radius 2 is 2.17 bits per heavy atom. The molecule has 2 amide bonds. The Bertz CT molecular complexity index is 1050. The summed E-state index contributed by atoms with van der Waals surface area (Å²) in [5.41, 5.74) is 2.12. The highest BCUT2D eigenvalue weighted by Crippen LogP contribution is 2.28. The minimum atomic E-state index is -0.581. The standard InChI is InChI=1S/C20H18FN5O3/c1-13(27)23-11-16-12-25(20(28)29-16)15-4-5-19(17(21)9-15)26-18(6-8-24-26)14-3-2-7-22-10-14/h2-10,16H,11-12H2,1H3,(H,23,27). The molecule has 1 fully saturated rings. The van der Waals surface area contributed by atoms with Gasteiger partial charge in [0, 0.05) is 24.9 Å². The summed E-state index contributed by atoms with van der Waals surface area (Å²) in [6.07, 6.45) is 3.85. The molecule has 1 aliphatic rings. The molecule has 0 bridgehead atoms. The number of halogens is 1. The molecule has 3 heterocycles. The molecule has 1 N–H and O–H groups in total. The van der Waals surface area contributed by atoms with Crippen molar-refractivity contribution in [2.24, 2.45) is 0 Å². The fraction of sp³-hybridized carbons (Fsp3) is 0.200. The molecule has 0 radical (unpaired) electrons. The quantitative estimate of drug-likeness (QED) is 0.717. The number of ether oxygens (including phenoxy) is 1. The molecule has 8 nitrogen and oxygen atoms in total. The van der Waals surface area contributed by atoms with Gasteiger partial charge in [-0.25, -0.2) is 13.9 Å². The first kappa shape index (κ1) is 18.6. The number of benzene rings is 1. The minimum Gasteiger partial charge on any atom is -0.442 e. The SMILES string of the molecule is CC(=O)NCC1CN(c2ccc(-n3nccc3-c3cccnc3)c(F)c2)C(=O)O1. The van der Waals surface area contributed by atoms with Gasteiger partial charge in [0.2, 0.25) is 5.91 Å². The largest absolute Gasteiger partial charge is 0.442 e. The lowest BCUT2D eigenvalue weighted by Crippen LogP contribution is -2.33. The molecule has 1 atom stereocenters. The van der Waals surface area contributed by atoms with Crippen molar-refractivity contribution < 1.29 is 18.7 Å². The maximum absolute atomic E-state index is 14.9. The second kappa shape index (κ2) is 7.70. The maximum atomic E-state index is 14.9. The number of hydrogen-bond acceptors (Lipinski definition) is 5. The molecule has 9 heteroatoms. The maximum Gasteiger partial charge on any atom is 0.414 e. The van der Waals surface area contributed by atoms with Crippen LogP contribution in [-0.4, -0.2) is 46.0 Å². The van der Waals surface area contributed by atoms with E-state index in [2.05, 4.69) is 15.4 Å². The summed E-state index contributed by atoms with van der Waals surface area (Å²) in [6, 6.07) is 9.90. The summed E-state index contributed by atoms with van der Waals surface area (Å²) < 4.78 is 21.6. The summed E-state index contributed by atoms with van der Waals surface area (Å²) in [6.45, 7) is 1.82. The number of aromatic nitrogens is 3. The monoisotopic (exact) mass is 395 g/mol. The van der Waals surface area contributed by atoms with Gasteiger partial charge in [0.25, 0.3) is 0 Å². The van der Waals surface area contributed by atoms with Crippen LogP contribution in [0.4, 0.5) is 14.9 Å². The average Bonchev–Trinajstić information content (AvgIpc) is 3.33. The predicted octanol–water partition coefficient (Wildman–Crippen LogP) is 2.53. The summed E-state index contributed by atoms with van der Waals surface area (Å²) in [7, 11) is 0. The minimum absolute atomic E-state index is 0.208. The second-order valence-electron chi connectivity index (χ2n) is 6.56. The zero-order chi connectivity index (χ0) is 20.4. The number of carbonyl (C=O) groups is 2. The fourth-order valence-electron chi connectivity index (χ4n) is 3.16. The number of rotatable bonds is 5. The van der Waals surface area contributed by atoms with Crippen LogP contribution in [0.1, 0.15) is 6.92 Å². The summed E-state index contributed by atoms with van der Waals surface area (Å²) in [5.74, 6) is -0.743. The number of nitrogens with one attached hydrogen (secondary N) is 1. The molecule has 2 aromatic heterocycles. The number of carbonyl (C=O) groups excluding carboxylic acids is 2. The van der Waals surface area contributed by atoms with Gasteiger partial charge in [0.05, 0.1) is 30.7 Å². The molecule has 1 unspecified atom stereocenters. The third-order valence-corrected chi connectivity index (χ3v) is 4.52. The van der Waals surface area contributed by atoms with Gasteiger partial charge in [0.15, 0.2) is 5.82 Å². The molecule has 148 valence electrons. The highest BCUT2D eigenvalue weighted by molar-refractivity contribution is 5.90. The highest BCUT2D eigenvalue weighted by Gasteiger charge is 2.32. The van der Waals surface area contributed by atoms with Crippen molar-refractivity contribution in [2.75, 3.05) is 18.0 Å². The van der Waals surface area contributed by atoms with E-state index < -0.39 is 18.0 Å². The van der Waals surface area contributed by atoms with E-state index in [1.165, 1.54) is 22.6 Å². The van der Waals surface area contributed by atoms with E-state index in [9.17, 15) is 14.0 Å². The van der Waals surface area contributed by atoms with E-state index in [0.717, 1.165) is 5.56 Å². The van der Waals surface area contributed by atoms with Gasteiger partial charge in [-0.1, -0.05) is 0 Å². The van der Waals surface area contributed by atoms with Gasteiger partial charge in [-0.3, -0.25) is 14.7 Å². The van der Waals surface area contributed by atoms with Crippen molar-refractivity contribution in [1.29, 1.82) is 0 Å². The van der Waals surface area contributed by atoms with Crippen LogP contribution in [0, 0.1) is 5.82 Å². The van der Waals surface area contributed by atoms with Crippen molar-refractivity contribution in [3.8, 4) is 16.9 Å². The first-order chi connectivity index (χ1) is 14.0. The summed E-state index contributed by atoms with van der Waals surface area (Å²) in [4.78, 5) is 28.6. The molecule has 0 aliphatic carbocycles. The second-order valence-corrected chi connectivity index (χ2v) is 6.56. The first-order valence-corrected chi connectivity index (χ1v) is 9.00. The van der Waals surface area contributed by atoms with Gasteiger partial charge in [-0.2, -0.15) is 5.10 Å². The average molecular weight is 395 g/mol. The van der Waals surface area contributed by atoms with E-state index >= 15 is 0 Å². The van der Waals surface area contributed by atoms with Gasteiger partial charge >= 0.3 is 6.09 Å². The van der Waals surface area contributed by atoms with Crippen LogP contribution in [0.2, 0.25) is 0 Å². The summed E-state index contributed by atoms with van der Waals surface area (Å²) >= 11 is 0. The van der Waals surface area contributed by atoms with Crippen molar-refractivity contribution >= 4 is 17.7 Å². The Kier molecular flexibility index (Phi) is 4.94. The lowest BCUT2D eigenvalue weighted by Gasteiger charge is -2.15. The van der Waals surface area contributed by atoms with E-state index in [1.807, 2.05) is 6.07 Å². The molecule has 4 rings (SSSR count). The van der Waals surface area contributed by atoms with Crippen molar-refractivity contribution in [2.45, 2.75) is 13.0 Å². The topological polar surface area (TPSA) is 89.4 Å². The number of cyclic esters (lactones) is 1. The van der Waals surface area contributed by atoms with Crippen LogP contribution in [-0.2, 0) is 9.53 Å². The molecular formula is C20H18FN5O3. The smallest absolute Gasteiger partial charge is 0.414 e. The van der Waals surface area contributed by atoms with Crippen molar-refractivity contribution in [3.63, 3.8) is 0 Å². The van der Waals surface area contributed by atoms with Crippen LogP contribution < -0.4 is 10.2 Å². The Labute approximate surface area is 165 Å². The van der Waals surface area contributed by atoms with Gasteiger partial charge in [-0.05, 0) is 36.4 Å². The van der Waals surface area contributed by atoms with E-state index in [0.29, 0.717) is 11.4 Å². The molecule has 1 aliphatic heterocycles. The molecule has 1 aromatic carbocycles. The van der Waals surface area contributed by atoms with Crippen molar-refractivity contribution in [1.82, 2.24) is 20.1 Å². The van der Waals surface area contributed by atoms with Crippen molar-refractivity contribution in [3.05, 3.63) is 60.8 Å². The lowest BCUT2D eigenvalue weighted by atomic mass is 10.2. The zero-order valence-corrected chi connectivity index (χ0v) is 15.6. The van der Waals surface area contributed by atoms with Gasteiger partial charge in [-0.15, -0.1) is 0 Å². The Morgan fingerprint density at radius 3 is 2.90 bits per heavy atom. The molecule has 0 saturated carbocycles. The van der Waals surface area contributed by atoms with E-state index in [4.69, 9.17) is 4.74 Å². The van der Waals surface area contributed by atoms with Gasteiger partial charge in [0.1, 0.15) is 11.8 Å². The number of amides is 2. The first-order valence-electron chi connectivity index (χ1n) is 9.00. The third-order valence-electron chi connectivity index (χ3n) is 4.52. The molecule has 29 heavy (non-hydrogen) atoms. The normalized spacial score (nSPS) is 16.0. The fourth-order valence-corrected chi connectivity index (χ4v) is 3.16. The van der Waals surface area contributed by atoms with Crippen LogP contribution in [0.25, 0.3) is 16.9 Å². The highest BCUT2D eigenvalue weighted by atomic mass is 19.1. The van der Waals surface area contributed by atoms with Crippen LogP contribution in [0.5, 0.6) is 0 Å². The number of anilines is 1. The third kappa shape index (κ3) is 3.79. The van der Waals surface area contributed by atoms with Gasteiger partial charge < -0.3 is 10.1 Å². The number of pyridine rings is 1. The molecule has 1 saturated heterocycles. The number of hydrogen-bond donors (Lipinski definition) is 1. The van der Waals surface area contributed by atoms with Crippen LogP contribution in [0.3, 0.4) is 0 Å². The molecule has 3 aromatic rings. The Hall–Kier alpha value is -3.75. The predicted molar refractivity (Wildman–Crippen MR) is 103 cm³/mol. The number of nitrogens with zero attached hydrogens (tertiary/aromatic N) is 4. The Morgan fingerprint density at radius 1 is 1.31 bits per heavy atom. The summed E-state index contributed by atoms with van der Waals surface area (Å²) in [5, 5.41) is 6.83. The lowest BCUT2D eigenvalue weighted by molar-refractivity contribution is -0.119. The van der Waals surface area contributed by atoms with E-state index in [1.54, 1.807) is 42.9 Å². The zero-order valence-electron chi connectivity index (χ0n) is 15.6. The van der Waals surface area contributed by atoms with E-state index in [-0.39, 0.29) is 24.7 Å². The van der Waals surface area contributed by atoms with Crippen LogP contribution in [0.15, 0.2) is 55.0 Å². The Balaban J connectivity index is 1.58. The van der Waals surface area contributed by atoms with Crippen LogP contribution >= 0.6 is 0 Å².